The molecule has 84 valence electrons. The van der Waals surface area contributed by atoms with Crippen LogP contribution in [0.2, 0.25) is 0 Å². The number of nitrogens with zero attached hydrogens (tertiary/aromatic N) is 5. The predicted octanol–water partition coefficient (Wildman–Crippen LogP) is 0.955. The molecule has 0 aliphatic heterocycles. The Morgan fingerprint density at radius 3 is 2.69 bits per heavy atom. The van der Waals surface area contributed by atoms with Gasteiger partial charge < -0.3 is 5.73 Å². The van der Waals surface area contributed by atoms with Crippen molar-refractivity contribution >= 4 is 17.6 Å². The summed E-state index contributed by atoms with van der Waals surface area (Å²) in [7, 11) is 1.84. The van der Waals surface area contributed by atoms with Gasteiger partial charge in [0.25, 0.3) is 0 Å². The molecule has 0 spiro atoms. The van der Waals surface area contributed by atoms with E-state index >= 15 is 0 Å². The zero-order valence-electron chi connectivity index (χ0n) is 9.30. The van der Waals surface area contributed by atoms with Gasteiger partial charge in [-0.25, -0.2) is 19.6 Å². The Labute approximate surface area is 97.3 Å². The van der Waals surface area contributed by atoms with Gasteiger partial charge in [0, 0.05) is 12.6 Å². The number of anilines is 1. The predicted molar refractivity (Wildman–Crippen MR) is 61.0 cm³/mol. The van der Waals surface area contributed by atoms with Gasteiger partial charge in [-0.2, -0.15) is 5.10 Å². The van der Waals surface area contributed by atoms with Crippen LogP contribution in [0.25, 0.3) is 0 Å². The van der Waals surface area contributed by atoms with E-state index in [9.17, 15) is 0 Å². The molecule has 16 heavy (non-hydrogen) atoms. The minimum atomic E-state index is 0.511. The van der Waals surface area contributed by atoms with Gasteiger partial charge in [0.2, 0.25) is 0 Å². The van der Waals surface area contributed by atoms with Crippen molar-refractivity contribution in [3.63, 3.8) is 0 Å². The maximum Gasteiger partial charge on any atom is 0.192 e. The fraction of sp³-hybridized carbons (Fsp3) is 0.333. The number of nitrogens with two attached hydrogens (primary N) is 1. The monoisotopic (exact) mass is 236 g/mol. The number of aromatic nitrogens is 5. The van der Waals surface area contributed by atoms with Crippen molar-refractivity contribution in [2.45, 2.75) is 24.0 Å². The van der Waals surface area contributed by atoms with Gasteiger partial charge in [-0.1, -0.05) is 0 Å². The molecular formula is C9H12N6S. The molecule has 0 bridgehead atoms. The normalized spacial score (nSPS) is 10.7. The van der Waals surface area contributed by atoms with Crippen molar-refractivity contribution in [2.75, 3.05) is 5.73 Å². The van der Waals surface area contributed by atoms with Crippen molar-refractivity contribution in [3.05, 3.63) is 17.7 Å². The molecular weight excluding hydrogens is 224 g/mol. The van der Waals surface area contributed by atoms with E-state index in [4.69, 9.17) is 5.73 Å². The van der Waals surface area contributed by atoms with E-state index in [1.165, 1.54) is 18.1 Å². The summed E-state index contributed by atoms with van der Waals surface area (Å²) in [6, 6.07) is 0. The van der Waals surface area contributed by atoms with Crippen molar-refractivity contribution in [1.29, 1.82) is 0 Å². The molecule has 7 heteroatoms. The first-order chi connectivity index (χ1) is 7.58. The van der Waals surface area contributed by atoms with Crippen LogP contribution in [0.4, 0.5) is 5.82 Å². The zero-order chi connectivity index (χ0) is 11.7. The second-order valence-electron chi connectivity index (χ2n) is 3.35. The molecule has 2 rings (SSSR count). The van der Waals surface area contributed by atoms with E-state index in [-0.39, 0.29) is 0 Å². The molecule has 0 aliphatic carbocycles. The van der Waals surface area contributed by atoms with E-state index < -0.39 is 0 Å². The molecule has 0 aromatic carbocycles. The summed E-state index contributed by atoms with van der Waals surface area (Å²) in [5.41, 5.74) is 6.65. The highest BCUT2D eigenvalue weighted by Crippen LogP contribution is 2.28. The number of hydrogen-bond acceptors (Lipinski definition) is 6. The van der Waals surface area contributed by atoms with Crippen LogP contribution in [0.5, 0.6) is 0 Å². The highest BCUT2D eigenvalue weighted by molar-refractivity contribution is 7.99. The van der Waals surface area contributed by atoms with Crippen LogP contribution in [0.15, 0.2) is 16.5 Å². The van der Waals surface area contributed by atoms with Gasteiger partial charge >= 0.3 is 0 Å². The lowest BCUT2D eigenvalue weighted by atomic mass is 10.3. The van der Waals surface area contributed by atoms with Crippen LogP contribution >= 0.6 is 11.8 Å². The first-order valence-electron chi connectivity index (χ1n) is 4.70. The largest absolute Gasteiger partial charge is 0.383 e. The smallest absolute Gasteiger partial charge is 0.192 e. The van der Waals surface area contributed by atoms with Crippen LogP contribution in [0.1, 0.15) is 11.4 Å². The van der Waals surface area contributed by atoms with Crippen molar-refractivity contribution in [1.82, 2.24) is 24.7 Å². The summed E-state index contributed by atoms with van der Waals surface area (Å²) in [5.74, 6) is 1.17. The third-order valence-corrected chi connectivity index (χ3v) is 3.25. The Morgan fingerprint density at radius 2 is 2.06 bits per heavy atom. The van der Waals surface area contributed by atoms with Crippen LogP contribution in [0.3, 0.4) is 0 Å². The summed E-state index contributed by atoms with van der Waals surface area (Å²) < 4.78 is 1.69. The molecule has 0 fully saturated rings. The lowest BCUT2D eigenvalue weighted by molar-refractivity contribution is 0.684. The maximum atomic E-state index is 5.78. The number of hydrogen-bond donors (Lipinski definition) is 1. The second kappa shape index (κ2) is 4.09. The van der Waals surface area contributed by atoms with Crippen LogP contribution in [-0.2, 0) is 7.05 Å². The number of aryl methyl sites for hydroxylation is 2. The average Bonchev–Trinajstić information content (AvgIpc) is 2.60. The molecule has 0 aliphatic rings. The lowest BCUT2D eigenvalue weighted by Gasteiger charge is -2.06. The Balaban J connectivity index is 2.38. The topological polar surface area (TPSA) is 82.5 Å². The van der Waals surface area contributed by atoms with Crippen molar-refractivity contribution in [2.24, 2.45) is 7.05 Å². The highest BCUT2D eigenvalue weighted by atomic mass is 32.2. The van der Waals surface area contributed by atoms with Gasteiger partial charge in [-0.15, -0.1) is 0 Å². The third kappa shape index (κ3) is 1.99. The fourth-order valence-corrected chi connectivity index (χ4v) is 2.07. The molecule has 2 N–H and O–H groups in total. The summed E-state index contributed by atoms with van der Waals surface area (Å²) in [5, 5.41) is 5.60. The first kappa shape index (κ1) is 10.9. The Hall–Kier alpha value is -1.63. The quantitative estimate of drug-likeness (QED) is 0.782. The summed E-state index contributed by atoms with van der Waals surface area (Å²) in [4.78, 5) is 12.6. The molecule has 0 saturated carbocycles. The van der Waals surface area contributed by atoms with Crippen molar-refractivity contribution in [3.8, 4) is 0 Å². The molecule has 2 aromatic rings. The molecule has 2 aromatic heterocycles. The van der Waals surface area contributed by atoms with Gasteiger partial charge in [-0.05, 0) is 25.6 Å². The van der Waals surface area contributed by atoms with E-state index in [0.717, 1.165) is 15.7 Å². The van der Waals surface area contributed by atoms with E-state index in [1.807, 2.05) is 20.9 Å². The Bertz CT molecular complexity index is 521. The summed E-state index contributed by atoms with van der Waals surface area (Å²) >= 11 is 1.43. The minimum absolute atomic E-state index is 0.511. The average molecular weight is 236 g/mol. The second-order valence-corrected chi connectivity index (χ2v) is 4.31. The number of rotatable bonds is 2. The lowest BCUT2D eigenvalue weighted by Crippen LogP contribution is -2.02. The van der Waals surface area contributed by atoms with E-state index in [1.54, 1.807) is 4.68 Å². The minimum Gasteiger partial charge on any atom is -0.383 e. The number of nitrogen functional groups attached to an aromatic ring is 1. The summed E-state index contributed by atoms with van der Waals surface area (Å²) in [6.45, 7) is 3.71. The molecule has 0 radical (unpaired) electrons. The molecule has 0 atom stereocenters. The standard InChI is InChI=1S/C9H12N6S/c1-5-7(10)13-6(2)14-8(5)16-9-11-4-12-15(9)3/h4H,1-3H3,(H2,10,13,14). The fourth-order valence-electron chi connectivity index (χ4n) is 1.19. The van der Waals surface area contributed by atoms with Crippen molar-refractivity contribution < 1.29 is 0 Å². The van der Waals surface area contributed by atoms with Crippen LogP contribution in [0, 0.1) is 13.8 Å². The van der Waals surface area contributed by atoms with Gasteiger partial charge in [0.15, 0.2) is 5.16 Å². The third-order valence-electron chi connectivity index (χ3n) is 2.11. The molecule has 0 saturated heterocycles. The molecule has 6 nitrogen and oxygen atoms in total. The van der Waals surface area contributed by atoms with E-state index in [2.05, 4.69) is 20.1 Å². The molecule has 0 unspecified atom stereocenters. The molecule has 2 heterocycles. The summed E-state index contributed by atoms with van der Waals surface area (Å²) in [6.07, 6.45) is 1.51. The van der Waals surface area contributed by atoms with E-state index in [0.29, 0.717) is 11.6 Å². The molecule has 0 amide bonds. The van der Waals surface area contributed by atoms with Gasteiger partial charge in [0.1, 0.15) is 23.0 Å². The highest BCUT2D eigenvalue weighted by Gasteiger charge is 2.11. The van der Waals surface area contributed by atoms with Crippen LogP contribution < -0.4 is 5.73 Å². The maximum absolute atomic E-state index is 5.78. The van der Waals surface area contributed by atoms with Crippen LogP contribution in [-0.4, -0.2) is 24.7 Å². The Morgan fingerprint density at radius 1 is 1.31 bits per heavy atom. The zero-order valence-corrected chi connectivity index (χ0v) is 10.1. The van der Waals surface area contributed by atoms with Gasteiger partial charge in [0.05, 0.1) is 0 Å². The first-order valence-corrected chi connectivity index (χ1v) is 5.52. The Kier molecular flexibility index (Phi) is 2.78. The van der Waals surface area contributed by atoms with Gasteiger partial charge in [-0.3, -0.25) is 0 Å². The SMILES string of the molecule is Cc1nc(N)c(C)c(Sc2ncnn2C)n1.